The monoisotopic (exact) mass is 360 g/mol. The summed E-state index contributed by atoms with van der Waals surface area (Å²) in [5, 5.41) is 3.34. The predicted molar refractivity (Wildman–Crippen MR) is 93.1 cm³/mol. The average molecular weight is 360 g/mol. The highest BCUT2D eigenvalue weighted by molar-refractivity contribution is 7.89. The third-order valence-corrected chi connectivity index (χ3v) is 6.58. The molecular weight excluding hydrogens is 340 g/mol. The highest BCUT2D eigenvalue weighted by Gasteiger charge is 2.30. The maximum atomic E-state index is 12.9. The minimum Gasteiger partial charge on any atom is -0.493 e. The molecule has 0 saturated carbocycles. The van der Waals surface area contributed by atoms with Crippen LogP contribution >= 0.6 is 0 Å². The van der Waals surface area contributed by atoms with Gasteiger partial charge in [0.2, 0.25) is 10.0 Å². The van der Waals surface area contributed by atoms with Gasteiger partial charge in [0.05, 0.1) is 11.5 Å². The van der Waals surface area contributed by atoms with Crippen LogP contribution in [0.4, 0.5) is 5.82 Å². The van der Waals surface area contributed by atoms with Gasteiger partial charge in [0.25, 0.3) is 0 Å². The zero-order valence-corrected chi connectivity index (χ0v) is 14.6. The Labute approximate surface area is 147 Å². The number of piperidine rings is 1. The molecule has 1 aromatic heterocycles. The standard InChI is InChI=1S/C17H20N4O3S/c22-25(23,15-1-2-16-13(11-15)6-10-24-16)21-8-4-14(5-9-21)20-17-3-7-18-12-19-17/h1-3,7,11-12,14H,4-6,8-10H2,(H,18,19,20). The molecule has 1 aromatic carbocycles. The molecule has 1 fully saturated rings. The number of rotatable bonds is 4. The Bertz CT molecular complexity index is 849. The van der Waals surface area contributed by atoms with Crippen molar-refractivity contribution in [1.82, 2.24) is 14.3 Å². The molecule has 0 unspecified atom stereocenters. The predicted octanol–water partition coefficient (Wildman–Crippen LogP) is 1.68. The van der Waals surface area contributed by atoms with Gasteiger partial charge in [0, 0.05) is 31.7 Å². The number of aromatic nitrogens is 2. The van der Waals surface area contributed by atoms with Crippen LogP contribution in [-0.4, -0.2) is 48.4 Å². The summed E-state index contributed by atoms with van der Waals surface area (Å²) < 4.78 is 32.8. The van der Waals surface area contributed by atoms with Gasteiger partial charge in [0.15, 0.2) is 0 Å². The highest BCUT2D eigenvalue weighted by Crippen LogP contribution is 2.30. The summed E-state index contributed by atoms with van der Waals surface area (Å²) in [5.74, 6) is 1.57. The third-order valence-electron chi connectivity index (χ3n) is 4.69. The summed E-state index contributed by atoms with van der Waals surface area (Å²) in [6.45, 7) is 1.62. The van der Waals surface area contributed by atoms with E-state index in [9.17, 15) is 8.42 Å². The van der Waals surface area contributed by atoms with Crippen molar-refractivity contribution < 1.29 is 13.2 Å². The number of fused-ring (bicyclic) bond motifs is 1. The number of nitrogens with one attached hydrogen (secondary N) is 1. The third kappa shape index (κ3) is 3.32. The molecular formula is C17H20N4O3S. The first-order valence-corrected chi connectivity index (χ1v) is 9.85. The molecule has 0 bridgehead atoms. The Morgan fingerprint density at radius 1 is 1.20 bits per heavy atom. The Morgan fingerprint density at radius 3 is 2.80 bits per heavy atom. The van der Waals surface area contributed by atoms with Crippen LogP contribution in [0.1, 0.15) is 18.4 Å². The molecule has 0 spiro atoms. The lowest BCUT2D eigenvalue weighted by Gasteiger charge is -2.31. The fourth-order valence-electron chi connectivity index (χ4n) is 3.30. The van der Waals surface area contributed by atoms with Crippen LogP contribution in [0, 0.1) is 0 Å². The first kappa shape index (κ1) is 16.3. The lowest BCUT2D eigenvalue weighted by atomic mass is 10.1. The number of ether oxygens (including phenoxy) is 1. The number of nitrogens with zero attached hydrogens (tertiary/aromatic N) is 3. The molecule has 3 heterocycles. The van der Waals surface area contributed by atoms with E-state index in [-0.39, 0.29) is 6.04 Å². The largest absolute Gasteiger partial charge is 0.493 e. The van der Waals surface area contributed by atoms with Crippen LogP contribution in [-0.2, 0) is 16.4 Å². The van der Waals surface area contributed by atoms with Crippen molar-refractivity contribution in [3.8, 4) is 5.75 Å². The number of hydrogen-bond acceptors (Lipinski definition) is 6. The SMILES string of the molecule is O=S(=O)(c1ccc2c(c1)CCO2)N1CCC(Nc2ccncn2)CC1. The highest BCUT2D eigenvalue weighted by atomic mass is 32.2. The van der Waals surface area contributed by atoms with Crippen molar-refractivity contribution in [2.75, 3.05) is 25.0 Å². The van der Waals surface area contributed by atoms with E-state index < -0.39 is 10.0 Å². The summed E-state index contributed by atoms with van der Waals surface area (Å²) in [6, 6.07) is 7.19. The molecule has 2 aliphatic heterocycles. The molecule has 8 heteroatoms. The smallest absolute Gasteiger partial charge is 0.243 e. The van der Waals surface area contributed by atoms with Crippen molar-refractivity contribution in [2.24, 2.45) is 0 Å². The Kier molecular flexibility index (Phi) is 4.30. The Morgan fingerprint density at radius 2 is 2.04 bits per heavy atom. The first-order chi connectivity index (χ1) is 12.1. The maximum Gasteiger partial charge on any atom is 0.243 e. The van der Waals surface area contributed by atoms with Gasteiger partial charge in [-0.05, 0) is 42.7 Å². The van der Waals surface area contributed by atoms with Crippen molar-refractivity contribution >= 4 is 15.8 Å². The van der Waals surface area contributed by atoms with Crippen LogP contribution in [0.2, 0.25) is 0 Å². The molecule has 1 N–H and O–H groups in total. The lowest BCUT2D eigenvalue weighted by molar-refractivity contribution is 0.329. The van der Waals surface area contributed by atoms with Gasteiger partial charge >= 0.3 is 0 Å². The van der Waals surface area contributed by atoms with E-state index in [1.165, 1.54) is 6.33 Å². The molecule has 0 aliphatic carbocycles. The second-order valence-electron chi connectivity index (χ2n) is 6.29. The fraction of sp³-hybridized carbons (Fsp3) is 0.412. The molecule has 0 atom stereocenters. The number of sulfonamides is 1. The molecule has 4 rings (SSSR count). The van der Waals surface area contributed by atoms with Crippen molar-refractivity contribution in [1.29, 1.82) is 0 Å². The average Bonchev–Trinajstić information content (AvgIpc) is 3.11. The van der Waals surface area contributed by atoms with Gasteiger partial charge in [-0.2, -0.15) is 4.31 Å². The van der Waals surface area contributed by atoms with E-state index in [1.807, 2.05) is 6.07 Å². The van der Waals surface area contributed by atoms with E-state index >= 15 is 0 Å². The molecule has 0 amide bonds. The van der Waals surface area contributed by atoms with E-state index in [1.54, 1.807) is 28.7 Å². The van der Waals surface area contributed by atoms with E-state index in [0.717, 1.165) is 36.4 Å². The minimum absolute atomic E-state index is 0.217. The Hall–Kier alpha value is -2.19. The van der Waals surface area contributed by atoms with E-state index in [4.69, 9.17) is 4.74 Å². The number of hydrogen-bond donors (Lipinski definition) is 1. The summed E-state index contributed by atoms with van der Waals surface area (Å²) in [4.78, 5) is 8.41. The van der Waals surface area contributed by atoms with Crippen molar-refractivity contribution in [3.63, 3.8) is 0 Å². The molecule has 0 radical (unpaired) electrons. The summed E-state index contributed by atoms with van der Waals surface area (Å²) in [6.07, 6.45) is 5.45. The van der Waals surface area contributed by atoms with Gasteiger partial charge in [-0.25, -0.2) is 18.4 Å². The molecule has 25 heavy (non-hydrogen) atoms. The van der Waals surface area contributed by atoms with Crippen LogP contribution in [0.15, 0.2) is 41.7 Å². The number of benzene rings is 1. The number of anilines is 1. The van der Waals surface area contributed by atoms with E-state index in [2.05, 4.69) is 15.3 Å². The zero-order valence-electron chi connectivity index (χ0n) is 13.8. The summed E-state index contributed by atoms with van der Waals surface area (Å²) in [7, 11) is -3.46. The minimum atomic E-state index is -3.46. The second-order valence-corrected chi connectivity index (χ2v) is 8.22. The van der Waals surface area contributed by atoms with Gasteiger partial charge < -0.3 is 10.1 Å². The maximum absolute atomic E-state index is 12.9. The molecule has 7 nitrogen and oxygen atoms in total. The van der Waals surface area contributed by atoms with Crippen LogP contribution in [0.3, 0.4) is 0 Å². The summed E-state index contributed by atoms with van der Waals surface area (Å²) in [5.41, 5.74) is 0.974. The molecule has 132 valence electrons. The van der Waals surface area contributed by atoms with Crippen LogP contribution in [0.25, 0.3) is 0 Å². The van der Waals surface area contributed by atoms with Gasteiger partial charge in [-0.15, -0.1) is 0 Å². The normalized spacial score (nSPS) is 18.6. The van der Waals surface area contributed by atoms with Gasteiger partial charge in [0.1, 0.15) is 17.9 Å². The fourth-order valence-corrected chi connectivity index (χ4v) is 4.82. The van der Waals surface area contributed by atoms with Crippen LogP contribution in [0.5, 0.6) is 5.75 Å². The topological polar surface area (TPSA) is 84.4 Å². The van der Waals surface area contributed by atoms with Crippen molar-refractivity contribution in [2.45, 2.75) is 30.2 Å². The molecule has 2 aliphatic rings. The zero-order chi connectivity index (χ0) is 17.3. The van der Waals surface area contributed by atoms with Gasteiger partial charge in [-0.1, -0.05) is 0 Å². The lowest BCUT2D eigenvalue weighted by Crippen LogP contribution is -2.42. The van der Waals surface area contributed by atoms with E-state index in [0.29, 0.717) is 24.6 Å². The molecule has 1 saturated heterocycles. The van der Waals surface area contributed by atoms with Crippen LogP contribution < -0.4 is 10.1 Å². The summed E-state index contributed by atoms with van der Waals surface area (Å²) >= 11 is 0. The quantitative estimate of drug-likeness (QED) is 0.893. The second kappa shape index (κ2) is 6.61. The van der Waals surface area contributed by atoms with Gasteiger partial charge in [-0.3, -0.25) is 0 Å². The molecule has 2 aromatic rings. The Balaban J connectivity index is 1.43. The van der Waals surface area contributed by atoms with Crippen molar-refractivity contribution in [3.05, 3.63) is 42.4 Å². The first-order valence-electron chi connectivity index (χ1n) is 8.41.